The van der Waals surface area contributed by atoms with Crippen LogP contribution in [0, 0.1) is 12.7 Å². The smallest absolute Gasteiger partial charge is 0.146 e. The molecule has 0 aliphatic heterocycles. The molecule has 5 heteroatoms. The zero-order valence-electron chi connectivity index (χ0n) is 11.7. The third kappa shape index (κ3) is 2.25. The van der Waals surface area contributed by atoms with Crippen LogP contribution in [0.15, 0.2) is 36.4 Å². The van der Waals surface area contributed by atoms with Gasteiger partial charge in [0.15, 0.2) is 0 Å². The fourth-order valence-corrected chi connectivity index (χ4v) is 2.65. The van der Waals surface area contributed by atoms with Crippen LogP contribution in [-0.2, 0) is 5.88 Å². The van der Waals surface area contributed by atoms with Crippen molar-refractivity contribution in [1.82, 2.24) is 9.55 Å². The molecule has 0 N–H and O–H groups in total. The first-order chi connectivity index (χ1) is 10.2. The Morgan fingerprint density at radius 2 is 2.10 bits per heavy atom. The fourth-order valence-electron chi connectivity index (χ4n) is 2.47. The van der Waals surface area contributed by atoms with Gasteiger partial charge in [-0.25, -0.2) is 9.37 Å². The van der Waals surface area contributed by atoms with E-state index in [4.69, 9.17) is 16.3 Å². The number of nitrogens with zero attached hydrogens (tertiary/aromatic N) is 2. The van der Waals surface area contributed by atoms with E-state index >= 15 is 0 Å². The van der Waals surface area contributed by atoms with Crippen molar-refractivity contribution in [1.29, 1.82) is 0 Å². The average molecular weight is 305 g/mol. The lowest BCUT2D eigenvalue weighted by molar-refractivity contribution is 0.419. The Labute approximate surface area is 126 Å². The summed E-state index contributed by atoms with van der Waals surface area (Å²) >= 11 is 6.02. The monoisotopic (exact) mass is 304 g/mol. The minimum absolute atomic E-state index is 0.230. The minimum atomic E-state index is -0.291. The van der Waals surface area contributed by atoms with E-state index in [2.05, 4.69) is 4.98 Å². The molecule has 0 aliphatic rings. The number of halogens is 2. The standard InChI is InChI=1S/C16H14ClFN2O/c1-10-6-7-11(18)8-13(10)20-12-4-3-5-14(21-2)16(12)19-15(20)9-17/h3-8H,9H2,1-2H3. The van der Waals surface area contributed by atoms with Crippen LogP contribution in [0.2, 0.25) is 0 Å². The lowest BCUT2D eigenvalue weighted by atomic mass is 10.2. The van der Waals surface area contributed by atoms with Gasteiger partial charge in [-0.2, -0.15) is 0 Å². The number of benzene rings is 2. The van der Waals surface area contributed by atoms with Crippen LogP contribution in [0.5, 0.6) is 5.75 Å². The molecule has 3 nitrogen and oxygen atoms in total. The molecule has 3 aromatic rings. The number of rotatable bonds is 3. The third-order valence-corrected chi connectivity index (χ3v) is 3.71. The van der Waals surface area contributed by atoms with Gasteiger partial charge in [-0.1, -0.05) is 12.1 Å². The molecule has 108 valence electrons. The summed E-state index contributed by atoms with van der Waals surface area (Å²) in [5.41, 5.74) is 3.25. The van der Waals surface area contributed by atoms with Crippen molar-refractivity contribution in [3.8, 4) is 11.4 Å². The topological polar surface area (TPSA) is 27.1 Å². The van der Waals surface area contributed by atoms with Crippen LogP contribution in [0.4, 0.5) is 4.39 Å². The number of aromatic nitrogens is 2. The number of aryl methyl sites for hydroxylation is 1. The molecule has 0 saturated carbocycles. The summed E-state index contributed by atoms with van der Waals surface area (Å²) in [7, 11) is 1.60. The second-order valence-electron chi connectivity index (χ2n) is 4.76. The van der Waals surface area contributed by atoms with Gasteiger partial charge < -0.3 is 4.74 Å². The summed E-state index contributed by atoms with van der Waals surface area (Å²) in [6.45, 7) is 1.93. The Morgan fingerprint density at radius 1 is 1.29 bits per heavy atom. The van der Waals surface area contributed by atoms with E-state index in [1.165, 1.54) is 12.1 Å². The first-order valence-corrected chi connectivity index (χ1v) is 7.06. The largest absolute Gasteiger partial charge is 0.494 e. The van der Waals surface area contributed by atoms with E-state index in [9.17, 15) is 4.39 Å². The van der Waals surface area contributed by atoms with E-state index in [1.807, 2.05) is 29.7 Å². The quantitative estimate of drug-likeness (QED) is 0.677. The zero-order chi connectivity index (χ0) is 15.0. The molecule has 0 saturated heterocycles. The van der Waals surface area contributed by atoms with E-state index in [0.717, 1.165) is 22.3 Å². The molecule has 21 heavy (non-hydrogen) atoms. The van der Waals surface area contributed by atoms with Crippen molar-refractivity contribution in [3.05, 3.63) is 53.6 Å². The molecular formula is C16H14ClFN2O. The van der Waals surface area contributed by atoms with Crippen LogP contribution in [-0.4, -0.2) is 16.7 Å². The van der Waals surface area contributed by atoms with E-state index in [0.29, 0.717) is 11.6 Å². The highest BCUT2D eigenvalue weighted by Gasteiger charge is 2.16. The SMILES string of the molecule is COc1cccc2c1nc(CCl)n2-c1cc(F)ccc1C. The lowest BCUT2D eigenvalue weighted by Gasteiger charge is -2.11. The molecule has 0 atom stereocenters. The number of para-hydroxylation sites is 1. The number of methoxy groups -OCH3 is 1. The molecule has 0 fully saturated rings. The Hall–Kier alpha value is -2.07. The summed E-state index contributed by atoms with van der Waals surface area (Å²) in [5, 5.41) is 0. The number of imidazole rings is 1. The predicted molar refractivity (Wildman–Crippen MR) is 81.9 cm³/mol. The Balaban J connectivity index is 2.38. The minimum Gasteiger partial charge on any atom is -0.494 e. The normalized spacial score (nSPS) is 11.0. The molecule has 2 aromatic carbocycles. The van der Waals surface area contributed by atoms with Gasteiger partial charge in [0.2, 0.25) is 0 Å². The zero-order valence-corrected chi connectivity index (χ0v) is 12.5. The van der Waals surface area contributed by atoms with Crippen LogP contribution in [0.25, 0.3) is 16.7 Å². The second kappa shape index (κ2) is 5.37. The lowest BCUT2D eigenvalue weighted by Crippen LogP contribution is -2.02. The number of hydrogen-bond donors (Lipinski definition) is 0. The molecule has 0 aliphatic carbocycles. The van der Waals surface area contributed by atoms with Gasteiger partial charge >= 0.3 is 0 Å². The van der Waals surface area contributed by atoms with Gasteiger partial charge in [-0.3, -0.25) is 4.57 Å². The summed E-state index contributed by atoms with van der Waals surface area (Å²) in [4.78, 5) is 4.53. The Bertz CT molecular complexity index is 813. The predicted octanol–water partition coefficient (Wildman–Crippen LogP) is 4.22. The van der Waals surface area contributed by atoms with Gasteiger partial charge in [0.25, 0.3) is 0 Å². The summed E-state index contributed by atoms with van der Waals surface area (Å²) in [5.74, 6) is 1.27. The molecule has 1 aromatic heterocycles. The average Bonchev–Trinajstić information content (AvgIpc) is 2.88. The first kappa shape index (κ1) is 13.9. The summed E-state index contributed by atoms with van der Waals surface area (Å²) < 4.78 is 20.8. The highest BCUT2D eigenvalue weighted by molar-refractivity contribution is 6.17. The number of fused-ring (bicyclic) bond motifs is 1. The summed E-state index contributed by atoms with van der Waals surface area (Å²) in [6.07, 6.45) is 0. The maximum atomic E-state index is 13.6. The van der Waals surface area contributed by atoms with Gasteiger partial charge in [0.05, 0.1) is 24.2 Å². The van der Waals surface area contributed by atoms with Crippen molar-refractivity contribution in [2.24, 2.45) is 0 Å². The maximum Gasteiger partial charge on any atom is 0.146 e. The molecule has 1 heterocycles. The summed E-state index contributed by atoms with van der Waals surface area (Å²) in [6, 6.07) is 10.3. The Kier molecular flexibility index (Phi) is 3.55. The third-order valence-electron chi connectivity index (χ3n) is 3.47. The first-order valence-electron chi connectivity index (χ1n) is 6.52. The van der Waals surface area contributed by atoms with Crippen LogP contribution >= 0.6 is 11.6 Å². The van der Waals surface area contributed by atoms with Gasteiger partial charge in [-0.05, 0) is 36.8 Å². The molecule has 0 radical (unpaired) electrons. The Morgan fingerprint density at radius 3 is 2.81 bits per heavy atom. The van der Waals surface area contributed by atoms with E-state index < -0.39 is 0 Å². The second-order valence-corrected chi connectivity index (χ2v) is 5.02. The molecular weight excluding hydrogens is 291 g/mol. The van der Waals surface area contributed by atoms with Crippen molar-refractivity contribution < 1.29 is 9.13 Å². The highest BCUT2D eigenvalue weighted by atomic mass is 35.5. The maximum absolute atomic E-state index is 13.6. The number of alkyl halides is 1. The van der Waals surface area contributed by atoms with Crippen LogP contribution in [0.1, 0.15) is 11.4 Å². The van der Waals surface area contributed by atoms with Crippen molar-refractivity contribution >= 4 is 22.6 Å². The van der Waals surface area contributed by atoms with E-state index in [1.54, 1.807) is 13.2 Å². The van der Waals surface area contributed by atoms with Gasteiger partial charge in [0.1, 0.15) is 22.9 Å². The molecule has 0 spiro atoms. The fraction of sp³-hybridized carbons (Fsp3) is 0.188. The van der Waals surface area contributed by atoms with Crippen LogP contribution < -0.4 is 4.74 Å². The van der Waals surface area contributed by atoms with Gasteiger partial charge in [-0.15, -0.1) is 11.6 Å². The number of ether oxygens (including phenoxy) is 1. The highest BCUT2D eigenvalue weighted by Crippen LogP contribution is 2.30. The molecule has 0 bridgehead atoms. The van der Waals surface area contributed by atoms with Crippen molar-refractivity contribution in [3.63, 3.8) is 0 Å². The number of hydrogen-bond acceptors (Lipinski definition) is 2. The van der Waals surface area contributed by atoms with Crippen molar-refractivity contribution in [2.75, 3.05) is 7.11 Å². The van der Waals surface area contributed by atoms with Gasteiger partial charge in [0, 0.05) is 0 Å². The van der Waals surface area contributed by atoms with Crippen molar-refractivity contribution in [2.45, 2.75) is 12.8 Å². The van der Waals surface area contributed by atoms with E-state index in [-0.39, 0.29) is 11.7 Å². The molecule has 0 amide bonds. The molecule has 0 unspecified atom stereocenters. The molecule has 3 rings (SSSR count). The van der Waals surface area contributed by atoms with Crippen LogP contribution in [0.3, 0.4) is 0 Å².